The topological polar surface area (TPSA) is 244 Å². The third-order valence-corrected chi connectivity index (χ3v) is 21.6. The highest BCUT2D eigenvalue weighted by Crippen LogP contribution is 2.78. The van der Waals surface area contributed by atoms with Crippen LogP contribution in [0.25, 0.3) is 0 Å². The summed E-state index contributed by atoms with van der Waals surface area (Å²) >= 11 is 0. The quantitative estimate of drug-likeness (QED) is 0.0405. The predicted molar refractivity (Wildman–Crippen MR) is 379 cm³/mol. The Kier molecular flexibility index (Phi) is 19.8. The first kappa shape index (κ1) is 62.5. The van der Waals surface area contributed by atoms with Crippen LogP contribution in [0.4, 0.5) is 34.1 Å². The Hall–Kier alpha value is -12.3. The maximum absolute atomic E-state index is 7.29. The lowest BCUT2D eigenvalue weighted by atomic mass is 10.2. The highest BCUT2D eigenvalue weighted by molar-refractivity contribution is 7.79. The maximum Gasteiger partial charge on any atom is 0.460 e. The van der Waals surface area contributed by atoms with Gasteiger partial charge in [-0.15, -0.1) is 0 Å². The molecule has 0 atom stereocenters. The molecule has 13 rings (SSSR count). The molecule has 0 fully saturated rings. The van der Waals surface area contributed by atoms with Crippen molar-refractivity contribution in [2.45, 2.75) is 0 Å². The van der Waals surface area contributed by atoms with Crippen molar-refractivity contribution in [1.82, 2.24) is 29.9 Å². The summed E-state index contributed by atoms with van der Waals surface area (Å²) in [5.41, 5.74) is 8.92. The van der Waals surface area contributed by atoms with E-state index in [1.165, 1.54) is 0 Å². The molecule has 0 saturated heterocycles. The van der Waals surface area contributed by atoms with E-state index in [4.69, 9.17) is 40.7 Å². The third-order valence-electron chi connectivity index (χ3n) is 13.5. The molecule has 0 aliphatic carbocycles. The molecule has 0 unspecified atom stereocenters. The number of rotatable bonds is 24. The van der Waals surface area contributed by atoms with Gasteiger partial charge in [-0.25, -0.2) is 0 Å². The van der Waals surface area contributed by atoms with Crippen LogP contribution in [0.2, 0.25) is 0 Å². The number of aliphatic imine (C=N–C) groups is 6. The molecular formula is C72H54N15O6P3. The fourth-order valence-corrected chi connectivity index (χ4v) is 17.8. The lowest BCUT2D eigenvalue weighted by Gasteiger charge is -2.33. The van der Waals surface area contributed by atoms with E-state index in [1.54, 1.807) is 184 Å². The summed E-state index contributed by atoms with van der Waals surface area (Å²) in [5, 5.41) is 0. The molecule has 24 heteroatoms. The molecule has 6 aromatic carbocycles. The lowest BCUT2D eigenvalue weighted by Crippen LogP contribution is -2.11. The fourth-order valence-electron chi connectivity index (χ4n) is 8.74. The SMILES string of the molecule is C(=Nc1ccncc1)c1ccc(OP2(Oc3ccc(C=Nc4ccncc4)cc3)=NP(Oc3ccc(C=Nc4ccncc4)cc3)(Oc3ccc(C=Nc4ccncc4)cc3)=NP(Oc3ccc(C=Nc4ccncc4)cc3)(Oc3ccc(C=Nc4ccncc4)cc3)=N2)cc1. The van der Waals surface area contributed by atoms with Crippen LogP contribution < -0.4 is 27.1 Å². The standard InChI is InChI=1S/C72H54N15O6P3/c1-13-67(14-2-55(1)49-79-61-25-37-73-38-26-61)88-94(89-68-15-3-56(4-16-68)50-80-62-27-39-74-40-28-62)85-95(90-69-17-5-57(6-18-69)51-81-63-29-41-75-42-30-63,91-70-19-7-58(8-20-70)52-82-64-31-43-76-44-32-64)87-96(86-94,92-71-21-9-59(10-22-71)53-83-65-33-45-77-46-34-65)93-72-23-11-60(12-24-72)54-84-66-35-47-78-48-36-66/h1-54H. The summed E-state index contributed by atoms with van der Waals surface area (Å²) in [4.78, 5) is 52.8. The average Bonchev–Trinajstić information content (AvgIpc) is 0.731. The third kappa shape index (κ3) is 17.6. The second-order valence-electron chi connectivity index (χ2n) is 20.5. The number of benzene rings is 6. The molecule has 1 aliphatic rings. The minimum atomic E-state index is -4.43. The number of hydrogen-bond acceptors (Lipinski definition) is 21. The van der Waals surface area contributed by atoms with E-state index in [0.717, 1.165) is 67.5 Å². The van der Waals surface area contributed by atoms with Crippen LogP contribution in [0.5, 0.6) is 34.5 Å². The van der Waals surface area contributed by atoms with Crippen molar-refractivity contribution in [2.24, 2.45) is 43.5 Å². The summed E-state index contributed by atoms with van der Waals surface area (Å²) < 4.78 is 60.3. The Labute approximate surface area is 552 Å². The van der Waals surface area contributed by atoms with Gasteiger partial charge < -0.3 is 27.1 Å². The van der Waals surface area contributed by atoms with Crippen LogP contribution in [0, 0.1) is 0 Å². The zero-order valence-corrected chi connectivity index (χ0v) is 53.4. The van der Waals surface area contributed by atoms with Crippen molar-refractivity contribution in [1.29, 1.82) is 0 Å². The predicted octanol–water partition coefficient (Wildman–Crippen LogP) is 19.2. The molecule has 0 bridgehead atoms. The van der Waals surface area contributed by atoms with Crippen LogP contribution in [0.1, 0.15) is 33.4 Å². The molecular weight excluding hydrogens is 1260 g/mol. The highest BCUT2D eigenvalue weighted by atomic mass is 31.3. The van der Waals surface area contributed by atoms with E-state index < -0.39 is 23.0 Å². The van der Waals surface area contributed by atoms with Gasteiger partial charge in [-0.3, -0.25) is 59.9 Å². The minimum Gasteiger partial charge on any atom is -0.413 e. The van der Waals surface area contributed by atoms with Crippen LogP contribution in [0.3, 0.4) is 0 Å². The normalized spacial score (nSPS) is 16.9. The second kappa shape index (κ2) is 30.4. The highest BCUT2D eigenvalue weighted by Gasteiger charge is 2.49. The Balaban J connectivity index is 1.01. The summed E-state index contributed by atoms with van der Waals surface area (Å²) in [7, 11) is -13.3. The van der Waals surface area contributed by atoms with E-state index in [-0.39, 0.29) is 0 Å². The molecule has 0 saturated carbocycles. The number of pyridine rings is 6. The van der Waals surface area contributed by atoms with E-state index >= 15 is 0 Å². The Morgan fingerprint density at radius 3 is 0.458 bits per heavy atom. The molecule has 21 nitrogen and oxygen atoms in total. The van der Waals surface area contributed by atoms with Gasteiger partial charge in [-0.05, 0) is 252 Å². The van der Waals surface area contributed by atoms with E-state index in [9.17, 15) is 0 Å². The van der Waals surface area contributed by atoms with Gasteiger partial charge >= 0.3 is 23.0 Å². The van der Waals surface area contributed by atoms with Crippen molar-refractivity contribution < 1.29 is 27.1 Å². The smallest absolute Gasteiger partial charge is 0.413 e. The Morgan fingerprint density at radius 1 is 0.188 bits per heavy atom. The van der Waals surface area contributed by atoms with Crippen molar-refractivity contribution in [3.05, 3.63) is 326 Å². The van der Waals surface area contributed by atoms with Crippen LogP contribution in [0.15, 0.2) is 336 Å². The van der Waals surface area contributed by atoms with Crippen LogP contribution >= 0.6 is 23.0 Å². The van der Waals surface area contributed by atoms with Crippen molar-refractivity contribution in [3.8, 4) is 34.5 Å². The lowest BCUT2D eigenvalue weighted by molar-refractivity contribution is 0.443. The largest absolute Gasteiger partial charge is 0.460 e. The Morgan fingerprint density at radius 2 is 0.323 bits per heavy atom. The van der Waals surface area contributed by atoms with Gasteiger partial charge in [0.2, 0.25) is 0 Å². The van der Waals surface area contributed by atoms with Gasteiger partial charge in [0.25, 0.3) is 0 Å². The number of nitrogens with zero attached hydrogens (tertiary/aromatic N) is 15. The molecule has 0 N–H and O–H groups in total. The van der Waals surface area contributed by atoms with Gasteiger partial charge in [0.1, 0.15) is 34.5 Å². The van der Waals surface area contributed by atoms with Gasteiger partial charge in [-0.1, -0.05) is 13.5 Å². The maximum atomic E-state index is 7.29. The van der Waals surface area contributed by atoms with Gasteiger partial charge in [0.05, 0.1) is 34.1 Å². The van der Waals surface area contributed by atoms with Crippen molar-refractivity contribution in [2.75, 3.05) is 0 Å². The first-order valence-corrected chi connectivity index (χ1v) is 34.2. The molecule has 0 spiro atoms. The molecule has 96 heavy (non-hydrogen) atoms. The van der Waals surface area contributed by atoms with E-state index in [0.29, 0.717) is 34.5 Å². The molecule has 7 heterocycles. The summed E-state index contributed by atoms with van der Waals surface area (Å²) in [6.45, 7) is 0. The molecule has 0 amide bonds. The molecule has 6 aromatic heterocycles. The van der Waals surface area contributed by atoms with Crippen LogP contribution in [-0.2, 0) is 0 Å². The zero-order chi connectivity index (χ0) is 64.9. The van der Waals surface area contributed by atoms with Crippen molar-refractivity contribution >= 4 is 94.4 Å². The molecule has 1 aliphatic heterocycles. The first-order valence-electron chi connectivity index (χ1n) is 29.6. The van der Waals surface area contributed by atoms with E-state index in [2.05, 4.69) is 59.9 Å². The Bertz CT molecular complexity index is 4100. The van der Waals surface area contributed by atoms with Gasteiger partial charge in [0.15, 0.2) is 0 Å². The summed E-state index contributed by atoms with van der Waals surface area (Å²) in [6.07, 6.45) is 30.6. The summed E-state index contributed by atoms with van der Waals surface area (Å²) in [5.74, 6) is 1.76. The first-order chi connectivity index (χ1) is 47.3. The molecule has 12 aromatic rings. The second-order valence-corrected chi connectivity index (χ2v) is 26.7. The van der Waals surface area contributed by atoms with Gasteiger partial charge in [-0.2, -0.15) is 0 Å². The number of hydrogen-bond donors (Lipinski definition) is 0. The average molecular weight is 1320 g/mol. The minimum absolute atomic E-state index is 0.294. The monoisotopic (exact) mass is 1320 g/mol. The van der Waals surface area contributed by atoms with Crippen molar-refractivity contribution in [3.63, 3.8) is 0 Å². The fraction of sp³-hybridized carbons (Fsp3) is 0. The van der Waals surface area contributed by atoms with E-state index in [1.807, 2.05) is 146 Å². The molecule has 468 valence electrons. The molecule has 0 radical (unpaired) electrons. The number of aromatic nitrogens is 6. The zero-order valence-electron chi connectivity index (χ0n) is 50.7. The van der Waals surface area contributed by atoms with Gasteiger partial charge in [0, 0.05) is 112 Å². The van der Waals surface area contributed by atoms with Crippen LogP contribution in [-0.4, -0.2) is 67.2 Å². The summed E-state index contributed by atoms with van der Waals surface area (Å²) in [6, 6.07) is 65.3.